The first kappa shape index (κ1) is 17.9. The summed E-state index contributed by atoms with van der Waals surface area (Å²) in [6.45, 7) is 0. The van der Waals surface area contributed by atoms with Gasteiger partial charge in [-0.15, -0.1) is 0 Å². The predicted molar refractivity (Wildman–Crippen MR) is 81.7 cm³/mol. The van der Waals surface area contributed by atoms with E-state index in [2.05, 4.69) is 10.3 Å². The number of nitrogens with zero attached hydrogens (tertiary/aromatic N) is 1. The van der Waals surface area contributed by atoms with E-state index in [1.807, 2.05) is 0 Å². The Morgan fingerprint density at radius 2 is 1.71 bits per heavy atom. The molecule has 0 aliphatic carbocycles. The zero-order valence-electron chi connectivity index (χ0n) is 12.6. The van der Waals surface area contributed by atoms with Gasteiger partial charge in [-0.1, -0.05) is 11.6 Å². The van der Waals surface area contributed by atoms with E-state index in [1.165, 1.54) is 26.4 Å². The van der Waals surface area contributed by atoms with Crippen LogP contribution in [-0.2, 0) is 6.18 Å². The van der Waals surface area contributed by atoms with Crippen LogP contribution >= 0.6 is 11.6 Å². The Kier molecular flexibility index (Phi) is 5.18. The quantitative estimate of drug-likeness (QED) is 0.894. The number of halogens is 4. The summed E-state index contributed by atoms with van der Waals surface area (Å²) in [4.78, 5) is 15.8. The lowest BCUT2D eigenvalue weighted by Crippen LogP contribution is -2.14. The molecule has 0 saturated carbocycles. The molecule has 2 aromatic rings. The number of methoxy groups -OCH3 is 2. The number of alkyl halides is 3. The van der Waals surface area contributed by atoms with Gasteiger partial charge in [-0.3, -0.25) is 4.79 Å². The minimum absolute atomic E-state index is 0.170. The zero-order valence-corrected chi connectivity index (χ0v) is 13.3. The average molecular weight is 361 g/mol. The van der Waals surface area contributed by atoms with Crippen molar-refractivity contribution in [3.8, 4) is 11.5 Å². The molecule has 0 radical (unpaired) electrons. The standard InChI is InChI=1S/C15H12ClF3N2O3/c1-23-10-3-8(4-11(6-10)24-2)14(22)21-13-12(16)5-9(7-20-13)15(17,18)19/h3-7H,1-2H3,(H,20,21,22). The molecule has 9 heteroatoms. The SMILES string of the molecule is COc1cc(OC)cc(C(=O)Nc2ncc(C(F)(F)F)cc2Cl)c1. The molecule has 0 aliphatic heterocycles. The number of ether oxygens (including phenoxy) is 2. The first-order valence-electron chi connectivity index (χ1n) is 6.51. The number of carbonyl (C=O) groups is 1. The largest absolute Gasteiger partial charge is 0.497 e. The van der Waals surface area contributed by atoms with Crippen molar-refractivity contribution in [2.24, 2.45) is 0 Å². The number of nitrogens with one attached hydrogen (secondary N) is 1. The molecule has 2 rings (SSSR count). The second-order valence-electron chi connectivity index (χ2n) is 4.61. The summed E-state index contributed by atoms with van der Waals surface area (Å²) in [6.07, 6.45) is -3.98. The summed E-state index contributed by atoms with van der Waals surface area (Å²) < 4.78 is 47.8. The molecule has 0 atom stereocenters. The van der Waals surface area contributed by atoms with E-state index in [4.69, 9.17) is 21.1 Å². The number of carbonyl (C=O) groups excluding carboxylic acids is 1. The van der Waals surface area contributed by atoms with Crippen molar-refractivity contribution in [3.05, 3.63) is 46.6 Å². The number of anilines is 1. The van der Waals surface area contributed by atoms with Crippen LogP contribution in [0.3, 0.4) is 0 Å². The number of pyridine rings is 1. The molecule has 1 amide bonds. The Hall–Kier alpha value is -2.48. The molecule has 0 saturated heterocycles. The lowest BCUT2D eigenvalue weighted by atomic mass is 10.2. The van der Waals surface area contributed by atoms with Gasteiger partial charge in [0.15, 0.2) is 5.82 Å². The molecule has 0 bridgehead atoms. The second-order valence-corrected chi connectivity index (χ2v) is 5.01. The van der Waals surface area contributed by atoms with Crippen LogP contribution in [-0.4, -0.2) is 25.1 Å². The van der Waals surface area contributed by atoms with E-state index < -0.39 is 17.6 Å². The average Bonchev–Trinajstić information content (AvgIpc) is 2.55. The summed E-state index contributed by atoms with van der Waals surface area (Å²) in [7, 11) is 2.84. The van der Waals surface area contributed by atoms with Crippen LogP contribution in [0.4, 0.5) is 19.0 Å². The highest BCUT2D eigenvalue weighted by Gasteiger charge is 2.31. The summed E-state index contributed by atoms with van der Waals surface area (Å²) in [5.41, 5.74) is -0.836. The molecule has 1 aromatic carbocycles. The number of benzene rings is 1. The van der Waals surface area contributed by atoms with Crippen LogP contribution < -0.4 is 14.8 Å². The predicted octanol–water partition coefficient (Wildman–Crippen LogP) is 4.02. The molecule has 128 valence electrons. The van der Waals surface area contributed by atoms with Crippen molar-refractivity contribution in [2.75, 3.05) is 19.5 Å². The third-order valence-electron chi connectivity index (χ3n) is 3.01. The first-order valence-corrected chi connectivity index (χ1v) is 6.89. The lowest BCUT2D eigenvalue weighted by Gasteiger charge is -2.11. The van der Waals surface area contributed by atoms with Crippen LogP contribution in [0.1, 0.15) is 15.9 Å². The van der Waals surface area contributed by atoms with Crippen LogP contribution in [0.2, 0.25) is 5.02 Å². The van der Waals surface area contributed by atoms with Gasteiger partial charge >= 0.3 is 6.18 Å². The Morgan fingerprint density at radius 3 is 2.17 bits per heavy atom. The van der Waals surface area contributed by atoms with E-state index in [9.17, 15) is 18.0 Å². The van der Waals surface area contributed by atoms with Crippen molar-refractivity contribution in [1.82, 2.24) is 4.98 Å². The maximum atomic E-state index is 12.6. The minimum Gasteiger partial charge on any atom is -0.497 e. The highest BCUT2D eigenvalue weighted by Crippen LogP contribution is 2.32. The number of amides is 1. The summed E-state index contributed by atoms with van der Waals surface area (Å²) >= 11 is 5.76. The van der Waals surface area contributed by atoms with Crippen molar-refractivity contribution >= 4 is 23.3 Å². The molecule has 24 heavy (non-hydrogen) atoms. The van der Waals surface area contributed by atoms with Gasteiger partial charge in [-0.05, 0) is 18.2 Å². The third kappa shape index (κ3) is 4.08. The van der Waals surface area contributed by atoms with Crippen molar-refractivity contribution in [3.63, 3.8) is 0 Å². The number of rotatable bonds is 4. The van der Waals surface area contributed by atoms with Crippen molar-refractivity contribution < 1.29 is 27.4 Å². The Bertz CT molecular complexity index is 744. The van der Waals surface area contributed by atoms with E-state index >= 15 is 0 Å². The molecule has 1 heterocycles. The smallest absolute Gasteiger partial charge is 0.417 e. The van der Waals surface area contributed by atoms with Gasteiger partial charge in [0.2, 0.25) is 0 Å². The normalized spacial score (nSPS) is 11.1. The van der Waals surface area contributed by atoms with Crippen LogP contribution in [0, 0.1) is 0 Å². The van der Waals surface area contributed by atoms with Gasteiger partial charge in [-0.25, -0.2) is 4.98 Å². The first-order chi connectivity index (χ1) is 11.2. The summed E-state index contributed by atoms with van der Waals surface area (Å²) in [6, 6.07) is 5.14. The van der Waals surface area contributed by atoms with E-state index in [0.717, 1.165) is 0 Å². The molecule has 0 spiro atoms. The van der Waals surface area contributed by atoms with E-state index in [-0.39, 0.29) is 16.4 Å². The number of hydrogen-bond donors (Lipinski definition) is 1. The van der Waals surface area contributed by atoms with Gasteiger partial charge in [0, 0.05) is 17.8 Å². The monoisotopic (exact) mass is 360 g/mol. The summed E-state index contributed by atoms with van der Waals surface area (Å²) in [5, 5.41) is 2.02. The molecular formula is C15H12ClF3N2O3. The fourth-order valence-corrected chi connectivity index (χ4v) is 2.02. The van der Waals surface area contributed by atoms with E-state index in [1.54, 1.807) is 6.07 Å². The summed E-state index contributed by atoms with van der Waals surface area (Å²) in [5.74, 6) is -0.0465. The number of aromatic nitrogens is 1. The Morgan fingerprint density at radius 1 is 1.12 bits per heavy atom. The minimum atomic E-state index is -4.57. The Labute approximate surface area is 140 Å². The molecule has 0 fully saturated rings. The van der Waals surface area contributed by atoms with E-state index in [0.29, 0.717) is 23.8 Å². The van der Waals surface area contributed by atoms with Gasteiger partial charge in [0.05, 0.1) is 24.8 Å². The molecule has 1 aromatic heterocycles. The molecule has 5 nitrogen and oxygen atoms in total. The van der Waals surface area contributed by atoms with Gasteiger partial charge in [0.25, 0.3) is 5.91 Å². The third-order valence-corrected chi connectivity index (χ3v) is 3.30. The second kappa shape index (κ2) is 6.96. The maximum absolute atomic E-state index is 12.6. The zero-order chi connectivity index (χ0) is 17.9. The fraction of sp³-hybridized carbons (Fsp3) is 0.200. The molecule has 1 N–H and O–H groups in total. The Balaban J connectivity index is 2.27. The van der Waals surface area contributed by atoms with Gasteiger partial charge in [-0.2, -0.15) is 13.2 Å². The van der Waals surface area contributed by atoms with Crippen LogP contribution in [0.25, 0.3) is 0 Å². The number of hydrogen-bond acceptors (Lipinski definition) is 4. The van der Waals surface area contributed by atoms with Gasteiger partial charge < -0.3 is 14.8 Å². The highest BCUT2D eigenvalue weighted by atomic mass is 35.5. The fourth-order valence-electron chi connectivity index (χ4n) is 1.80. The molecule has 0 unspecified atom stereocenters. The topological polar surface area (TPSA) is 60.5 Å². The van der Waals surface area contributed by atoms with Crippen molar-refractivity contribution in [1.29, 1.82) is 0 Å². The molecule has 0 aliphatic rings. The maximum Gasteiger partial charge on any atom is 0.417 e. The van der Waals surface area contributed by atoms with Crippen molar-refractivity contribution in [2.45, 2.75) is 6.18 Å². The lowest BCUT2D eigenvalue weighted by molar-refractivity contribution is -0.137. The van der Waals surface area contributed by atoms with Crippen LogP contribution in [0.15, 0.2) is 30.5 Å². The molecular weight excluding hydrogens is 349 g/mol. The van der Waals surface area contributed by atoms with Gasteiger partial charge in [0.1, 0.15) is 11.5 Å². The highest BCUT2D eigenvalue weighted by molar-refractivity contribution is 6.33. The van der Waals surface area contributed by atoms with Crippen LogP contribution in [0.5, 0.6) is 11.5 Å².